The Labute approximate surface area is 321 Å². The number of nitrogen functional groups attached to an aromatic ring is 2. The molecule has 0 saturated carbocycles. The summed E-state index contributed by atoms with van der Waals surface area (Å²) in [6, 6.07) is 19.4. The molecule has 14 nitrogen and oxygen atoms in total. The van der Waals surface area contributed by atoms with Crippen LogP contribution in [0.4, 0.5) is 47.7 Å². The van der Waals surface area contributed by atoms with E-state index in [0.29, 0.717) is 67.2 Å². The summed E-state index contributed by atoms with van der Waals surface area (Å²) >= 11 is 0. The molecule has 0 radical (unpaired) electrons. The van der Waals surface area contributed by atoms with E-state index in [1.54, 1.807) is 60.9 Å². The van der Waals surface area contributed by atoms with E-state index in [1.807, 2.05) is 0 Å². The molecule has 8 N–H and O–H groups in total. The second kappa shape index (κ2) is 15.8. The first-order valence-electron chi connectivity index (χ1n) is 17.0. The van der Waals surface area contributed by atoms with Crippen molar-refractivity contribution in [2.24, 2.45) is 0 Å². The quantitative estimate of drug-likeness (QED) is 0.0883. The van der Waals surface area contributed by atoms with Gasteiger partial charge in [-0.15, -0.1) is 0 Å². The molecule has 0 aliphatic carbocycles. The van der Waals surface area contributed by atoms with E-state index in [0.717, 1.165) is 12.1 Å². The Balaban J connectivity index is 0.000000174. The van der Waals surface area contributed by atoms with Gasteiger partial charge in [-0.1, -0.05) is 0 Å². The Hall–Kier alpha value is -7.95. The fraction of sp³-hybridized carbons (Fsp3) is 0.0500. The number of nitrogens with zero attached hydrogens (tertiary/aromatic N) is 4. The maximum atomic E-state index is 13.5. The Morgan fingerprint density at radius 2 is 1.02 bits per heavy atom. The summed E-state index contributed by atoms with van der Waals surface area (Å²) in [7, 11) is 3.05. The minimum Gasteiger partial charge on any atom is -0.436 e. The van der Waals surface area contributed by atoms with Gasteiger partial charge < -0.3 is 41.6 Å². The summed E-state index contributed by atoms with van der Waals surface area (Å²) in [4.78, 5) is 40.6. The molecular weight excluding hydrogens is 741 g/mol. The number of furan rings is 2. The van der Waals surface area contributed by atoms with Crippen molar-refractivity contribution < 1.29 is 31.6 Å². The molecule has 6 heterocycles. The average Bonchev–Trinajstić information content (AvgIpc) is 3.73. The molecule has 0 bridgehead atoms. The monoisotopic (exact) mass is 772 g/mol. The summed E-state index contributed by atoms with van der Waals surface area (Å²) in [5.74, 6) is -2.66. The topological polar surface area (TPSA) is 212 Å². The third kappa shape index (κ3) is 7.70. The maximum Gasteiger partial charge on any atom is 0.269 e. The molecule has 0 saturated heterocycles. The smallest absolute Gasteiger partial charge is 0.269 e. The normalized spacial score (nSPS) is 10.8. The van der Waals surface area contributed by atoms with E-state index < -0.39 is 11.6 Å². The highest BCUT2D eigenvalue weighted by atomic mass is 19.2. The van der Waals surface area contributed by atoms with Gasteiger partial charge in [-0.25, -0.2) is 13.2 Å². The Bertz CT molecular complexity index is 2790. The van der Waals surface area contributed by atoms with E-state index in [4.69, 9.17) is 20.3 Å². The molecule has 2 aromatic carbocycles. The maximum absolute atomic E-state index is 13.5. The molecule has 2 amide bonds. The molecule has 6 aromatic heterocycles. The van der Waals surface area contributed by atoms with Crippen LogP contribution in [0.25, 0.3) is 44.5 Å². The molecule has 17 heteroatoms. The molecule has 8 aromatic rings. The predicted molar refractivity (Wildman–Crippen MR) is 209 cm³/mol. The first-order valence-corrected chi connectivity index (χ1v) is 17.0. The van der Waals surface area contributed by atoms with Crippen LogP contribution in [0, 0.1) is 17.5 Å². The zero-order valence-electron chi connectivity index (χ0n) is 30.0. The second-order valence-electron chi connectivity index (χ2n) is 12.2. The number of carbonyl (C=O) groups is 2. The summed E-state index contributed by atoms with van der Waals surface area (Å²) in [5, 5.41) is 12.5. The van der Waals surface area contributed by atoms with Gasteiger partial charge in [0.2, 0.25) is 11.8 Å². The van der Waals surface area contributed by atoms with Crippen LogP contribution in [0.15, 0.2) is 112 Å². The summed E-state index contributed by atoms with van der Waals surface area (Å²) < 4.78 is 51.3. The van der Waals surface area contributed by atoms with Crippen molar-refractivity contribution in [2.45, 2.75) is 0 Å². The van der Waals surface area contributed by atoms with Crippen LogP contribution in [0.1, 0.15) is 21.0 Å². The molecule has 0 unspecified atom stereocenters. The van der Waals surface area contributed by atoms with Crippen molar-refractivity contribution in [1.82, 2.24) is 30.6 Å². The van der Waals surface area contributed by atoms with Gasteiger partial charge in [0.05, 0.1) is 10.8 Å². The molecule has 0 spiro atoms. The van der Waals surface area contributed by atoms with E-state index in [-0.39, 0.29) is 40.8 Å². The van der Waals surface area contributed by atoms with E-state index in [1.165, 1.54) is 44.7 Å². The number of nitrogens with two attached hydrogens (primary N) is 2. The Kier molecular flexibility index (Phi) is 10.4. The van der Waals surface area contributed by atoms with Crippen molar-refractivity contribution >= 4 is 68.3 Å². The second-order valence-corrected chi connectivity index (χ2v) is 12.2. The highest BCUT2D eigenvalue weighted by Gasteiger charge is 2.20. The Morgan fingerprint density at radius 1 is 0.561 bits per heavy atom. The minimum atomic E-state index is -0.984. The SMILES string of the molecule is CNC(=O)c1cc(-c2nccc3c(Nc4ccc(F)c(F)c4)c(N)oc23)ccn1.CNC(=O)c1cc(-c2nccc3c(Nc4ccc(F)cc4)c(N)oc23)ccn1. The average molecular weight is 773 g/mol. The number of fused-ring (bicyclic) bond motifs is 2. The van der Waals surface area contributed by atoms with Gasteiger partial charge >= 0.3 is 0 Å². The van der Waals surface area contributed by atoms with Gasteiger partial charge in [0.1, 0.15) is 40.0 Å². The van der Waals surface area contributed by atoms with Crippen LogP contribution in [0.3, 0.4) is 0 Å². The third-order valence-electron chi connectivity index (χ3n) is 8.55. The molecule has 57 heavy (non-hydrogen) atoms. The van der Waals surface area contributed by atoms with Crippen LogP contribution in [-0.4, -0.2) is 45.8 Å². The van der Waals surface area contributed by atoms with Gasteiger partial charge in [-0.3, -0.25) is 29.5 Å². The van der Waals surface area contributed by atoms with Crippen LogP contribution < -0.4 is 32.7 Å². The van der Waals surface area contributed by atoms with Gasteiger partial charge in [0, 0.05) is 67.5 Å². The summed E-state index contributed by atoms with van der Waals surface area (Å²) in [6.07, 6.45) is 6.21. The molecule has 286 valence electrons. The fourth-order valence-corrected chi connectivity index (χ4v) is 5.81. The van der Waals surface area contributed by atoms with Crippen molar-refractivity contribution in [2.75, 3.05) is 36.2 Å². The van der Waals surface area contributed by atoms with Gasteiger partial charge in [-0.2, -0.15) is 0 Å². The van der Waals surface area contributed by atoms with Crippen LogP contribution >= 0.6 is 0 Å². The number of rotatable bonds is 8. The number of amides is 2. The molecule has 0 atom stereocenters. The fourth-order valence-electron chi connectivity index (χ4n) is 5.81. The van der Waals surface area contributed by atoms with E-state index >= 15 is 0 Å². The largest absolute Gasteiger partial charge is 0.436 e. The lowest BCUT2D eigenvalue weighted by Gasteiger charge is -2.06. The number of hydrogen-bond donors (Lipinski definition) is 6. The van der Waals surface area contributed by atoms with Crippen LogP contribution in [0.5, 0.6) is 0 Å². The van der Waals surface area contributed by atoms with E-state index in [9.17, 15) is 22.8 Å². The number of benzene rings is 2. The van der Waals surface area contributed by atoms with Gasteiger partial charge in [-0.05, 0) is 72.8 Å². The Morgan fingerprint density at radius 3 is 1.49 bits per heavy atom. The molecule has 0 aliphatic heterocycles. The van der Waals surface area contributed by atoms with Crippen LogP contribution in [-0.2, 0) is 0 Å². The molecular formula is C40H31F3N10O4. The number of nitrogens with one attached hydrogen (secondary N) is 4. The molecule has 0 fully saturated rings. The lowest BCUT2D eigenvalue weighted by Crippen LogP contribution is -2.19. The molecule has 0 aliphatic rings. The lowest BCUT2D eigenvalue weighted by molar-refractivity contribution is 0.0950. The van der Waals surface area contributed by atoms with Crippen molar-refractivity contribution in [3.63, 3.8) is 0 Å². The third-order valence-corrected chi connectivity index (χ3v) is 8.55. The highest BCUT2D eigenvalue weighted by Crippen LogP contribution is 2.40. The number of hydrogen-bond acceptors (Lipinski definition) is 12. The van der Waals surface area contributed by atoms with Crippen molar-refractivity contribution in [1.29, 1.82) is 0 Å². The number of pyridine rings is 4. The standard InChI is InChI=1S/C20H15F2N5O2.C20H16FN5O2/c1-24-20(28)15-8-10(4-6-25-15)16-18-12(5-7-26-16)17(19(23)29-18)27-11-2-3-13(21)14(22)9-11;1-23-20(27)15-10-11(6-8-24-15)16-18-14(7-9-25-16)17(19(22)28-18)26-13-4-2-12(21)3-5-13/h2-9,27H,23H2,1H3,(H,24,28);2-10,26H,22H2,1H3,(H,23,27). The zero-order chi connectivity index (χ0) is 40.2. The first-order chi connectivity index (χ1) is 27.5. The number of halogens is 3. The first kappa shape index (κ1) is 37.4. The summed E-state index contributed by atoms with van der Waals surface area (Å²) in [6.45, 7) is 0. The zero-order valence-corrected chi connectivity index (χ0v) is 30.0. The van der Waals surface area contributed by atoms with Crippen molar-refractivity contribution in [3.8, 4) is 22.5 Å². The van der Waals surface area contributed by atoms with Gasteiger partial charge in [0.15, 0.2) is 22.8 Å². The van der Waals surface area contributed by atoms with Gasteiger partial charge in [0.25, 0.3) is 11.8 Å². The predicted octanol–water partition coefficient (Wildman–Crippen LogP) is 7.57. The lowest BCUT2D eigenvalue weighted by atomic mass is 10.1. The summed E-state index contributed by atoms with van der Waals surface area (Å²) in [5.41, 5.74) is 17.6. The number of carbonyl (C=O) groups excluding carboxylic acids is 2. The molecule has 8 rings (SSSR count). The van der Waals surface area contributed by atoms with Crippen molar-refractivity contribution in [3.05, 3.63) is 132 Å². The van der Waals surface area contributed by atoms with E-state index in [2.05, 4.69) is 41.2 Å². The minimum absolute atomic E-state index is 0.0552. The highest BCUT2D eigenvalue weighted by molar-refractivity contribution is 6.05. The number of anilines is 6. The number of aromatic nitrogens is 4. The van der Waals surface area contributed by atoms with Crippen LogP contribution in [0.2, 0.25) is 0 Å².